The summed E-state index contributed by atoms with van der Waals surface area (Å²) >= 11 is 12.6. The Morgan fingerprint density at radius 3 is 2.57 bits per heavy atom. The number of ether oxygens (including phenoxy) is 1. The molecule has 0 bridgehead atoms. The molecule has 2 aromatic carbocycles. The van der Waals surface area contributed by atoms with Gasteiger partial charge in [-0.15, -0.1) is 0 Å². The molecule has 0 saturated heterocycles. The Balaban J connectivity index is 1.78. The quantitative estimate of drug-likeness (QED) is 0.182. The Morgan fingerprint density at radius 1 is 1.24 bits per heavy atom. The molecule has 8 nitrogen and oxygen atoms in total. The lowest BCUT2D eigenvalue weighted by atomic mass is 9.83. The van der Waals surface area contributed by atoms with Gasteiger partial charge in [0.15, 0.2) is 5.66 Å². The first-order valence-electron chi connectivity index (χ1n) is 12.6. The van der Waals surface area contributed by atoms with Gasteiger partial charge < -0.3 is 15.4 Å². The maximum absolute atomic E-state index is 14.2. The standard InChI is InChI=1S/C27H34Cl2N6O2/c1-3-6-22(18-10-8-17(9-11-18)13-24(30)33-34-31)35-26(36)25(19-14-20(28)16-21(29)15-19)32-27(35)12-5-4-7-23(27)37-2/h8-11,14-16,22-23,34H,3-7,12-13,31H2,1-2H3,(H2,30,33). The summed E-state index contributed by atoms with van der Waals surface area (Å²) in [6, 6.07) is 13.1. The van der Waals surface area contributed by atoms with Crippen molar-refractivity contribution in [1.82, 2.24) is 10.4 Å². The number of methoxy groups -OCH3 is 1. The molecule has 37 heavy (non-hydrogen) atoms. The van der Waals surface area contributed by atoms with E-state index in [0.717, 1.165) is 49.7 Å². The molecule has 198 valence electrons. The number of hydrogen-bond acceptors (Lipinski definition) is 6. The van der Waals surface area contributed by atoms with Crippen LogP contribution in [0.2, 0.25) is 10.0 Å². The zero-order chi connectivity index (χ0) is 26.6. The summed E-state index contributed by atoms with van der Waals surface area (Å²) in [7, 11) is 1.70. The number of carbonyl (C=O) groups is 1. The molecule has 1 aliphatic heterocycles. The fourth-order valence-electron chi connectivity index (χ4n) is 5.60. The van der Waals surface area contributed by atoms with Crippen molar-refractivity contribution in [2.24, 2.45) is 21.7 Å². The Labute approximate surface area is 228 Å². The lowest BCUT2D eigenvalue weighted by Crippen LogP contribution is -2.57. The summed E-state index contributed by atoms with van der Waals surface area (Å²) in [5, 5.41) is 4.75. The number of benzene rings is 2. The Bertz CT molecular complexity index is 1170. The first-order chi connectivity index (χ1) is 17.8. The van der Waals surface area contributed by atoms with Crippen molar-refractivity contribution in [3.05, 3.63) is 69.2 Å². The average Bonchev–Trinajstić information content (AvgIpc) is 3.15. The van der Waals surface area contributed by atoms with Crippen LogP contribution in [0.25, 0.3) is 0 Å². The molecule has 10 heteroatoms. The monoisotopic (exact) mass is 544 g/mol. The summed E-state index contributed by atoms with van der Waals surface area (Å²) in [5.41, 5.74) is 10.4. The van der Waals surface area contributed by atoms with Crippen LogP contribution < -0.4 is 17.1 Å². The van der Waals surface area contributed by atoms with Crippen LogP contribution in [0.5, 0.6) is 0 Å². The largest absolute Gasteiger partial charge is 0.385 e. The molecule has 0 radical (unpaired) electrons. The maximum atomic E-state index is 14.2. The third-order valence-corrected chi connectivity index (χ3v) is 7.61. The number of nitrogens with two attached hydrogens (primary N) is 2. The Morgan fingerprint density at radius 2 is 1.95 bits per heavy atom. The van der Waals surface area contributed by atoms with Gasteiger partial charge in [0, 0.05) is 29.1 Å². The number of hydrazone groups is 1. The number of nitrogens with zero attached hydrogens (tertiary/aromatic N) is 3. The summed E-state index contributed by atoms with van der Waals surface area (Å²) in [6.45, 7) is 2.12. The van der Waals surface area contributed by atoms with Crippen molar-refractivity contribution in [2.75, 3.05) is 7.11 Å². The maximum Gasteiger partial charge on any atom is 0.275 e. The lowest BCUT2D eigenvalue weighted by molar-refractivity contribution is -0.143. The molecule has 2 aliphatic rings. The van der Waals surface area contributed by atoms with Crippen LogP contribution >= 0.6 is 23.2 Å². The van der Waals surface area contributed by atoms with Crippen LogP contribution in [-0.2, 0) is 16.0 Å². The van der Waals surface area contributed by atoms with Crippen molar-refractivity contribution in [3.8, 4) is 0 Å². The molecule has 1 fully saturated rings. The predicted octanol–water partition coefficient (Wildman–Crippen LogP) is 4.73. The zero-order valence-electron chi connectivity index (χ0n) is 21.2. The van der Waals surface area contributed by atoms with Crippen LogP contribution in [0.1, 0.15) is 68.2 Å². The number of rotatable bonds is 9. The fraction of sp³-hybridized carbons (Fsp3) is 0.444. The van der Waals surface area contributed by atoms with E-state index >= 15 is 0 Å². The van der Waals surface area contributed by atoms with E-state index in [-0.39, 0.29) is 18.1 Å². The van der Waals surface area contributed by atoms with Crippen molar-refractivity contribution >= 4 is 40.7 Å². The molecule has 1 heterocycles. The number of nitrogens with one attached hydrogen (secondary N) is 1. The first kappa shape index (κ1) is 27.4. The van der Waals surface area contributed by atoms with Gasteiger partial charge in [0.05, 0.1) is 6.04 Å². The van der Waals surface area contributed by atoms with Crippen molar-refractivity contribution < 1.29 is 9.53 Å². The van der Waals surface area contributed by atoms with E-state index < -0.39 is 5.66 Å². The number of halogens is 2. The third-order valence-electron chi connectivity index (χ3n) is 7.17. The van der Waals surface area contributed by atoms with Gasteiger partial charge in [-0.2, -0.15) is 5.10 Å². The number of aliphatic imine (C=N–C) groups is 1. The topological polar surface area (TPSA) is 118 Å². The zero-order valence-corrected chi connectivity index (χ0v) is 22.7. The summed E-state index contributed by atoms with van der Waals surface area (Å²) < 4.78 is 5.99. The van der Waals surface area contributed by atoms with E-state index in [1.54, 1.807) is 25.3 Å². The molecule has 1 amide bonds. The molecule has 1 spiro atoms. The van der Waals surface area contributed by atoms with Crippen LogP contribution in [0.3, 0.4) is 0 Å². The number of amidine groups is 1. The molecular weight excluding hydrogens is 511 g/mol. The van der Waals surface area contributed by atoms with Gasteiger partial charge in [-0.05, 0) is 55.0 Å². The molecule has 3 atom stereocenters. The van der Waals surface area contributed by atoms with Crippen molar-refractivity contribution in [1.29, 1.82) is 0 Å². The van der Waals surface area contributed by atoms with Gasteiger partial charge in [0.2, 0.25) is 0 Å². The SMILES string of the molecule is CCCC(c1ccc(C/C(N)=N/NN)cc1)N1C(=O)C(c2cc(Cl)cc(Cl)c2)=NC12CCCCC2OC. The molecular formula is C27H34Cl2N6O2. The van der Waals surface area contributed by atoms with Gasteiger partial charge >= 0.3 is 0 Å². The smallest absolute Gasteiger partial charge is 0.275 e. The first-order valence-corrected chi connectivity index (χ1v) is 13.4. The van der Waals surface area contributed by atoms with E-state index in [0.29, 0.717) is 33.6 Å². The molecule has 1 aliphatic carbocycles. The minimum absolute atomic E-state index is 0.129. The van der Waals surface area contributed by atoms with E-state index in [9.17, 15) is 4.79 Å². The normalized spacial score (nSPS) is 22.9. The second-order valence-electron chi connectivity index (χ2n) is 9.60. The van der Waals surface area contributed by atoms with E-state index in [1.807, 2.05) is 17.0 Å². The highest BCUT2D eigenvalue weighted by Gasteiger charge is 2.55. The van der Waals surface area contributed by atoms with Crippen molar-refractivity contribution in [2.45, 2.75) is 69.7 Å². The molecule has 5 N–H and O–H groups in total. The molecule has 4 rings (SSSR count). The highest BCUT2D eigenvalue weighted by Crippen LogP contribution is 2.46. The minimum atomic E-state index is -0.795. The summed E-state index contributed by atoms with van der Waals surface area (Å²) in [4.78, 5) is 21.4. The van der Waals surface area contributed by atoms with Gasteiger partial charge in [-0.25, -0.2) is 16.4 Å². The van der Waals surface area contributed by atoms with Crippen molar-refractivity contribution in [3.63, 3.8) is 0 Å². The molecule has 0 aromatic heterocycles. The Kier molecular flexibility index (Phi) is 8.75. The van der Waals surface area contributed by atoms with Gasteiger partial charge in [0.1, 0.15) is 17.7 Å². The minimum Gasteiger partial charge on any atom is -0.385 e. The predicted molar refractivity (Wildman–Crippen MR) is 149 cm³/mol. The molecule has 2 aromatic rings. The van der Waals surface area contributed by atoms with E-state index in [4.69, 9.17) is 44.5 Å². The summed E-state index contributed by atoms with van der Waals surface area (Å²) in [5.74, 6) is 5.49. The highest BCUT2D eigenvalue weighted by molar-refractivity contribution is 6.48. The molecule has 3 unspecified atom stereocenters. The number of hydrazine groups is 1. The Hall–Kier alpha value is -2.65. The van der Waals surface area contributed by atoms with Gasteiger partial charge in [-0.1, -0.05) is 67.2 Å². The fourth-order valence-corrected chi connectivity index (χ4v) is 6.13. The van der Waals surface area contributed by atoms with Crippen LogP contribution in [0, 0.1) is 0 Å². The van der Waals surface area contributed by atoms with E-state index in [2.05, 4.69) is 29.7 Å². The van der Waals surface area contributed by atoms with E-state index in [1.165, 1.54) is 0 Å². The highest BCUT2D eigenvalue weighted by atomic mass is 35.5. The van der Waals surface area contributed by atoms with Gasteiger partial charge in [-0.3, -0.25) is 4.79 Å². The van der Waals surface area contributed by atoms with Crippen LogP contribution in [0.4, 0.5) is 0 Å². The number of carbonyl (C=O) groups excluding carboxylic acids is 1. The second-order valence-corrected chi connectivity index (χ2v) is 10.5. The van der Waals surface area contributed by atoms with Crippen LogP contribution in [0.15, 0.2) is 52.6 Å². The lowest BCUT2D eigenvalue weighted by Gasteiger charge is -2.47. The number of amides is 1. The van der Waals surface area contributed by atoms with Gasteiger partial charge in [0.25, 0.3) is 5.91 Å². The summed E-state index contributed by atoms with van der Waals surface area (Å²) in [6.07, 6.45) is 5.48. The number of hydrogen-bond donors (Lipinski definition) is 3. The molecule has 1 saturated carbocycles. The third kappa shape index (κ3) is 5.62. The second kappa shape index (κ2) is 11.8. The van der Waals surface area contributed by atoms with Crippen LogP contribution in [-0.4, -0.2) is 41.2 Å². The average molecular weight is 546 g/mol.